The van der Waals surface area contributed by atoms with Crippen LogP contribution in [0.5, 0.6) is 0 Å². The molecule has 1 nitrogen and oxygen atoms in total. The van der Waals surface area contributed by atoms with E-state index in [4.69, 9.17) is 0 Å². The Bertz CT molecular complexity index is 861. The van der Waals surface area contributed by atoms with Crippen molar-refractivity contribution in [3.63, 3.8) is 0 Å². The Balaban J connectivity index is 2.26. The minimum atomic E-state index is 1.05. The normalized spacial score (nSPS) is 11.4. The van der Waals surface area contributed by atoms with Gasteiger partial charge in [0.1, 0.15) is 0 Å². The quantitative estimate of drug-likeness (QED) is 0.533. The Morgan fingerprint density at radius 3 is 2.32 bits per heavy atom. The highest BCUT2D eigenvalue weighted by molar-refractivity contribution is 5.86. The van der Waals surface area contributed by atoms with Crippen LogP contribution in [0.1, 0.15) is 23.7 Å². The molecule has 0 bridgehead atoms. The molecule has 0 fully saturated rings. The van der Waals surface area contributed by atoms with Crippen molar-refractivity contribution in [2.24, 2.45) is 0 Å². The molecule has 0 atom stereocenters. The number of hydrogen-bond donors (Lipinski definition) is 0. The van der Waals surface area contributed by atoms with E-state index < -0.39 is 0 Å². The van der Waals surface area contributed by atoms with Gasteiger partial charge in [0.05, 0.1) is 5.52 Å². The number of nitrogens with zero attached hydrogens (tertiary/aromatic N) is 1. The van der Waals surface area contributed by atoms with Crippen LogP contribution in [0.15, 0.2) is 66.8 Å². The van der Waals surface area contributed by atoms with Crippen LogP contribution in [0.2, 0.25) is 0 Å². The molecule has 0 saturated carbocycles. The molecule has 1 heterocycles. The molecule has 110 valence electrons. The molecule has 0 aliphatic carbocycles. The summed E-state index contributed by atoms with van der Waals surface area (Å²) in [5.74, 6) is 0. The highest BCUT2D eigenvalue weighted by Gasteiger charge is 2.08. The van der Waals surface area contributed by atoms with Gasteiger partial charge in [-0.2, -0.15) is 0 Å². The van der Waals surface area contributed by atoms with Gasteiger partial charge in [0.2, 0.25) is 0 Å². The Hall–Kier alpha value is -2.54. The topological polar surface area (TPSA) is 4.93 Å². The van der Waals surface area contributed by atoms with Gasteiger partial charge in [0.25, 0.3) is 0 Å². The largest absolute Gasteiger partial charge is 0.310 e. The van der Waals surface area contributed by atoms with E-state index in [9.17, 15) is 0 Å². The lowest BCUT2D eigenvalue weighted by Crippen LogP contribution is -1.96. The lowest BCUT2D eigenvalue weighted by molar-refractivity contribution is 1.10. The van der Waals surface area contributed by atoms with Crippen LogP contribution in [0.25, 0.3) is 22.7 Å². The fourth-order valence-corrected chi connectivity index (χ4v) is 2.69. The van der Waals surface area contributed by atoms with Crippen molar-refractivity contribution < 1.29 is 0 Å². The van der Waals surface area contributed by atoms with Crippen LogP contribution < -0.4 is 0 Å². The number of aryl methyl sites for hydroxylation is 2. The second kappa shape index (κ2) is 5.69. The summed E-state index contributed by atoms with van der Waals surface area (Å²) in [6.07, 6.45) is 4.20. The summed E-state index contributed by atoms with van der Waals surface area (Å²) < 4.78 is 2.30. The minimum absolute atomic E-state index is 1.05. The van der Waals surface area contributed by atoms with E-state index in [1.54, 1.807) is 0 Å². The molecule has 3 rings (SSSR count). The van der Waals surface area contributed by atoms with Gasteiger partial charge >= 0.3 is 0 Å². The lowest BCUT2D eigenvalue weighted by Gasteiger charge is -2.09. The smallest absolute Gasteiger partial charge is 0.0534 e. The maximum Gasteiger partial charge on any atom is 0.0534 e. The minimum Gasteiger partial charge on any atom is -0.310 e. The van der Waals surface area contributed by atoms with Gasteiger partial charge in [-0.05, 0) is 57.2 Å². The third-order valence-corrected chi connectivity index (χ3v) is 3.82. The molecule has 0 radical (unpaired) electrons. The van der Waals surface area contributed by atoms with E-state index in [0.717, 1.165) is 5.57 Å². The highest BCUT2D eigenvalue weighted by Crippen LogP contribution is 2.26. The van der Waals surface area contributed by atoms with E-state index in [2.05, 4.69) is 85.7 Å². The summed E-state index contributed by atoms with van der Waals surface area (Å²) in [5, 5.41) is 1.27. The number of aromatic nitrogens is 1. The first-order valence-electron chi connectivity index (χ1n) is 7.57. The maximum absolute atomic E-state index is 3.96. The van der Waals surface area contributed by atoms with Crippen molar-refractivity contribution >= 4 is 17.0 Å². The Kier molecular flexibility index (Phi) is 3.72. The van der Waals surface area contributed by atoms with E-state index in [1.807, 2.05) is 6.92 Å². The first-order valence-corrected chi connectivity index (χ1v) is 7.57. The Labute approximate surface area is 132 Å². The first-order chi connectivity index (χ1) is 10.5. The maximum atomic E-state index is 3.96. The summed E-state index contributed by atoms with van der Waals surface area (Å²) in [6.45, 7) is 10.2. The van der Waals surface area contributed by atoms with Crippen molar-refractivity contribution in [2.75, 3.05) is 0 Å². The second-order valence-corrected chi connectivity index (χ2v) is 5.98. The average Bonchev–Trinajstić information content (AvgIpc) is 2.83. The zero-order valence-electron chi connectivity index (χ0n) is 13.4. The number of hydrogen-bond acceptors (Lipinski definition) is 0. The van der Waals surface area contributed by atoms with Crippen LogP contribution in [0, 0.1) is 13.8 Å². The van der Waals surface area contributed by atoms with Gasteiger partial charge in [-0.25, -0.2) is 0 Å². The predicted molar refractivity (Wildman–Crippen MR) is 96.6 cm³/mol. The molecule has 0 saturated heterocycles. The molecular formula is C21H21N. The standard InChI is InChI=1S/C21H21N/c1-15(2)5-9-20-14-18-13-17(4)8-12-21(18)22(20)19-10-6-16(3)7-11-19/h5-14H,1H2,2-4H3/b9-5-. The number of allylic oxidation sites excluding steroid dienone is 2. The van der Waals surface area contributed by atoms with Crippen molar-refractivity contribution in [2.45, 2.75) is 20.8 Å². The van der Waals surface area contributed by atoms with Crippen molar-refractivity contribution in [1.29, 1.82) is 0 Å². The Morgan fingerprint density at radius 2 is 1.64 bits per heavy atom. The highest BCUT2D eigenvalue weighted by atomic mass is 15.0. The first kappa shape index (κ1) is 14.4. The molecule has 0 unspecified atom stereocenters. The summed E-state index contributed by atoms with van der Waals surface area (Å²) in [4.78, 5) is 0. The number of rotatable bonds is 3. The van der Waals surface area contributed by atoms with Crippen molar-refractivity contribution in [3.05, 3.63) is 83.6 Å². The molecule has 0 spiro atoms. The van der Waals surface area contributed by atoms with Gasteiger partial charge in [0.15, 0.2) is 0 Å². The summed E-state index contributed by atoms with van der Waals surface area (Å²) in [6, 6.07) is 17.5. The molecule has 1 heteroatoms. The predicted octanol–water partition coefficient (Wildman–Crippen LogP) is 5.84. The SMILES string of the molecule is C=C(C)/C=C\c1cc2cc(C)ccc2n1-c1ccc(C)cc1. The molecule has 3 aromatic rings. The van der Waals surface area contributed by atoms with Gasteiger partial charge in [-0.15, -0.1) is 0 Å². The molecule has 2 aromatic carbocycles. The van der Waals surface area contributed by atoms with Crippen LogP contribution in [-0.4, -0.2) is 4.57 Å². The molecular weight excluding hydrogens is 266 g/mol. The number of benzene rings is 2. The van der Waals surface area contributed by atoms with E-state index >= 15 is 0 Å². The van der Waals surface area contributed by atoms with Gasteiger partial charge in [0, 0.05) is 16.8 Å². The van der Waals surface area contributed by atoms with Crippen LogP contribution in [0.4, 0.5) is 0 Å². The fourth-order valence-electron chi connectivity index (χ4n) is 2.69. The lowest BCUT2D eigenvalue weighted by atomic mass is 10.2. The Morgan fingerprint density at radius 1 is 0.955 bits per heavy atom. The summed E-state index contributed by atoms with van der Waals surface area (Å²) in [7, 11) is 0. The zero-order valence-corrected chi connectivity index (χ0v) is 13.4. The molecule has 1 aromatic heterocycles. The van der Waals surface area contributed by atoms with Crippen LogP contribution in [0.3, 0.4) is 0 Å². The van der Waals surface area contributed by atoms with E-state index in [-0.39, 0.29) is 0 Å². The van der Waals surface area contributed by atoms with Gasteiger partial charge in [-0.3, -0.25) is 0 Å². The van der Waals surface area contributed by atoms with E-state index in [1.165, 1.54) is 33.4 Å². The fraction of sp³-hybridized carbons (Fsp3) is 0.143. The van der Waals surface area contributed by atoms with Crippen LogP contribution >= 0.6 is 0 Å². The second-order valence-electron chi connectivity index (χ2n) is 5.98. The summed E-state index contributed by atoms with van der Waals surface area (Å²) >= 11 is 0. The average molecular weight is 287 g/mol. The third kappa shape index (κ3) is 2.75. The molecule has 0 aliphatic rings. The molecule has 22 heavy (non-hydrogen) atoms. The van der Waals surface area contributed by atoms with Crippen LogP contribution in [-0.2, 0) is 0 Å². The summed E-state index contributed by atoms with van der Waals surface area (Å²) in [5.41, 5.74) is 7.20. The molecule has 0 N–H and O–H groups in total. The number of fused-ring (bicyclic) bond motifs is 1. The van der Waals surface area contributed by atoms with Crippen molar-refractivity contribution in [1.82, 2.24) is 4.57 Å². The van der Waals surface area contributed by atoms with Gasteiger partial charge < -0.3 is 4.57 Å². The van der Waals surface area contributed by atoms with Crippen molar-refractivity contribution in [3.8, 4) is 5.69 Å². The van der Waals surface area contributed by atoms with E-state index in [0.29, 0.717) is 0 Å². The molecule has 0 aliphatic heterocycles. The van der Waals surface area contributed by atoms with Gasteiger partial charge in [-0.1, -0.05) is 47.6 Å². The monoisotopic (exact) mass is 287 g/mol. The molecule has 0 amide bonds. The third-order valence-electron chi connectivity index (χ3n) is 3.82. The zero-order chi connectivity index (χ0) is 15.7.